The Bertz CT molecular complexity index is 1210. The Morgan fingerprint density at radius 1 is 1.19 bits per heavy atom. The molecule has 194 valence electrons. The van der Waals surface area contributed by atoms with Gasteiger partial charge in [-0.2, -0.15) is 10.2 Å². The Kier molecular flexibility index (Phi) is 6.92. The number of morpholine rings is 1. The van der Waals surface area contributed by atoms with Crippen LogP contribution in [-0.2, 0) is 4.74 Å². The number of rotatable bonds is 6. The number of carbonyl (C=O) groups excluding carboxylic acids is 1. The van der Waals surface area contributed by atoms with Crippen LogP contribution in [0.15, 0.2) is 24.7 Å². The van der Waals surface area contributed by atoms with Crippen LogP contribution in [0.25, 0.3) is 5.65 Å². The second-order valence-electron chi connectivity index (χ2n) is 10.0. The van der Waals surface area contributed by atoms with Crippen LogP contribution in [0.1, 0.15) is 81.4 Å². The first kappa shape index (κ1) is 24.6. The van der Waals surface area contributed by atoms with Crippen LogP contribution in [0.5, 0.6) is 0 Å². The number of hydrogen-bond acceptors (Lipinski definition) is 6. The van der Waals surface area contributed by atoms with Crippen molar-refractivity contribution in [2.24, 2.45) is 5.92 Å². The van der Waals surface area contributed by atoms with Gasteiger partial charge in [-0.25, -0.2) is 18.3 Å². The minimum Gasteiger partial charge on any atom is -0.372 e. The third kappa shape index (κ3) is 4.93. The number of amides is 1. The minimum absolute atomic E-state index is 0.0268. The van der Waals surface area contributed by atoms with E-state index in [9.17, 15) is 13.6 Å². The highest BCUT2D eigenvalue weighted by molar-refractivity contribution is 6.08. The van der Waals surface area contributed by atoms with Gasteiger partial charge in [-0.3, -0.25) is 9.48 Å². The zero-order valence-electron chi connectivity index (χ0n) is 20.9. The quantitative estimate of drug-likeness (QED) is 0.518. The van der Waals surface area contributed by atoms with Gasteiger partial charge < -0.3 is 15.0 Å². The van der Waals surface area contributed by atoms with Crippen LogP contribution in [0.3, 0.4) is 0 Å². The fourth-order valence-electron chi connectivity index (χ4n) is 5.42. The van der Waals surface area contributed by atoms with E-state index in [-0.39, 0.29) is 29.5 Å². The van der Waals surface area contributed by atoms with E-state index in [0.717, 1.165) is 32.1 Å². The van der Waals surface area contributed by atoms with E-state index in [1.807, 2.05) is 19.9 Å². The van der Waals surface area contributed by atoms with Gasteiger partial charge in [-0.05, 0) is 51.5 Å². The molecule has 36 heavy (non-hydrogen) atoms. The van der Waals surface area contributed by atoms with Gasteiger partial charge >= 0.3 is 0 Å². The van der Waals surface area contributed by atoms with Crippen LogP contribution in [0.4, 0.5) is 20.3 Å². The van der Waals surface area contributed by atoms with Gasteiger partial charge in [0.05, 0.1) is 30.1 Å². The Hall–Kier alpha value is -3.08. The van der Waals surface area contributed by atoms with Gasteiger partial charge in [-0.15, -0.1) is 0 Å². The van der Waals surface area contributed by atoms with Crippen LogP contribution < -0.4 is 10.2 Å². The summed E-state index contributed by atoms with van der Waals surface area (Å²) in [4.78, 5) is 20.0. The normalized spacial score (nSPS) is 25.0. The van der Waals surface area contributed by atoms with Crippen molar-refractivity contribution in [2.75, 3.05) is 23.3 Å². The van der Waals surface area contributed by atoms with E-state index in [0.29, 0.717) is 30.5 Å². The van der Waals surface area contributed by atoms with Crippen LogP contribution in [-0.4, -0.2) is 55.6 Å². The number of alkyl halides is 2. The van der Waals surface area contributed by atoms with Crippen molar-refractivity contribution in [1.29, 1.82) is 0 Å². The highest BCUT2D eigenvalue weighted by atomic mass is 19.3. The number of fused-ring (bicyclic) bond motifs is 1. The molecule has 0 unspecified atom stereocenters. The van der Waals surface area contributed by atoms with E-state index in [2.05, 4.69) is 32.3 Å². The smallest absolute Gasteiger partial charge is 0.284 e. The summed E-state index contributed by atoms with van der Waals surface area (Å²) in [6.07, 6.45) is 7.05. The average molecular weight is 502 g/mol. The fraction of sp³-hybridized carbons (Fsp3) is 0.600. The standard InChI is InChI=1S/C25H33F2N7O2/c1-4-17-5-7-18(8-6-17)34-14-20(22(31-34)23(26)27)29-25(35)19-11-28-33-10-9-21(30-24(19)33)32-12-15(2)36-16(3)13-32/h9-11,14-18,23H,4-8,12-13H2,1-3H3,(H,29,35)/t15-,16-,17?,18?/m0/s1. The molecule has 2 atom stereocenters. The van der Waals surface area contributed by atoms with Crippen molar-refractivity contribution in [1.82, 2.24) is 24.4 Å². The molecule has 1 aliphatic carbocycles. The van der Waals surface area contributed by atoms with E-state index < -0.39 is 18.0 Å². The summed E-state index contributed by atoms with van der Waals surface area (Å²) in [6.45, 7) is 7.56. The summed E-state index contributed by atoms with van der Waals surface area (Å²) in [5, 5.41) is 11.0. The molecule has 2 aliphatic rings. The third-order valence-corrected chi connectivity index (χ3v) is 7.33. The molecule has 0 aromatic carbocycles. The lowest BCUT2D eigenvalue weighted by Crippen LogP contribution is -2.45. The van der Waals surface area contributed by atoms with Gasteiger partial charge in [0.25, 0.3) is 12.3 Å². The molecule has 0 bridgehead atoms. The van der Waals surface area contributed by atoms with Gasteiger partial charge in [0, 0.05) is 25.5 Å². The van der Waals surface area contributed by atoms with E-state index in [4.69, 9.17) is 4.74 Å². The van der Waals surface area contributed by atoms with Gasteiger partial charge in [0.15, 0.2) is 11.3 Å². The maximum absolute atomic E-state index is 13.8. The highest BCUT2D eigenvalue weighted by Crippen LogP contribution is 2.36. The predicted molar refractivity (Wildman–Crippen MR) is 132 cm³/mol. The molecule has 5 rings (SSSR count). The number of nitrogens with one attached hydrogen (secondary N) is 1. The van der Waals surface area contributed by atoms with Crippen molar-refractivity contribution in [3.63, 3.8) is 0 Å². The molecule has 1 aliphatic heterocycles. The molecular weight excluding hydrogens is 468 g/mol. The Balaban J connectivity index is 1.38. The van der Waals surface area contributed by atoms with Crippen molar-refractivity contribution in [2.45, 2.75) is 77.6 Å². The molecule has 11 heteroatoms. The summed E-state index contributed by atoms with van der Waals surface area (Å²) >= 11 is 0. The van der Waals surface area contributed by atoms with Crippen LogP contribution in [0.2, 0.25) is 0 Å². The third-order valence-electron chi connectivity index (χ3n) is 7.33. The lowest BCUT2D eigenvalue weighted by molar-refractivity contribution is -0.00545. The summed E-state index contributed by atoms with van der Waals surface area (Å²) in [5.41, 5.74) is 0.185. The number of aromatic nitrogens is 5. The minimum atomic E-state index is -2.80. The number of hydrogen-bond donors (Lipinski definition) is 1. The Morgan fingerprint density at radius 2 is 1.92 bits per heavy atom. The topological polar surface area (TPSA) is 89.6 Å². The SMILES string of the molecule is CCC1CCC(n2cc(NC(=O)c3cnn4ccc(N5C[C@H](C)O[C@@H](C)C5)nc34)c(C(F)F)n2)CC1. The second kappa shape index (κ2) is 10.1. The largest absolute Gasteiger partial charge is 0.372 e. The highest BCUT2D eigenvalue weighted by Gasteiger charge is 2.28. The van der Waals surface area contributed by atoms with Gasteiger partial charge in [0.2, 0.25) is 0 Å². The van der Waals surface area contributed by atoms with Crippen molar-refractivity contribution in [3.05, 3.63) is 35.9 Å². The maximum atomic E-state index is 13.8. The van der Waals surface area contributed by atoms with Crippen molar-refractivity contribution >= 4 is 23.1 Å². The molecule has 3 aromatic rings. The maximum Gasteiger partial charge on any atom is 0.284 e. The van der Waals surface area contributed by atoms with Gasteiger partial charge in [-0.1, -0.05) is 13.3 Å². The molecule has 2 fully saturated rings. The molecule has 1 saturated heterocycles. The van der Waals surface area contributed by atoms with Crippen molar-refractivity contribution < 1.29 is 18.3 Å². The first-order valence-corrected chi connectivity index (χ1v) is 12.8. The molecule has 1 saturated carbocycles. The summed E-state index contributed by atoms with van der Waals surface area (Å²) in [5.74, 6) is 0.847. The first-order valence-electron chi connectivity index (χ1n) is 12.8. The first-order chi connectivity index (χ1) is 17.3. The number of carbonyl (C=O) groups is 1. The molecular formula is C25H33F2N7O2. The Morgan fingerprint density at radius 3 is 2.58 bits per heavy atom. The lowest BCUT2D eigenvalue weighted by Gasteiger charge is -2.36. The van der Waals surface area contributed by atoms with Gasteiger partial charge in [0.1, 0.15) is 11.4 Å². The number of ether oxygens (including phenoxy) is 1. The monoisotopic (exact) mass is 501 g/mol. The fourth-order valence-corrected chi connectivity index (χ4v) is 5.42. The number of halogens is 2. The number of anilines is 2. The van der Waals surface area contributed by atoms with E-state index in [1.54, 1.807) is 10.9 Å². The lowest BCUT2D eigenvalue weighted by atomic mass is 9.85. The van der Waals surface area contributed by atoms with Crippen LogP contribution >= 0.6 is 0 Å². The summed E-state index contributed by atoms with van der Waals surface area (Å²) < 4.78 is 36.6. The summed E-state index contributed by atoms with van der Waals surface area (Å²) in [7, 11) is 0. The summed E-state index contributed by atoms with van der Waals surface area (Å²) in [6, 6.07) is 1.91. The molecule has 1 N–H and O–H groups in total. The average Bonchev–Trinajstić information content (AvgIpc) is 3.47. The molecule has 4 heterocycles. The molecule has 3 aromatic heterocycles. The van der Waals surface area contributed by atoms with Crippen molar-refractivity contribution in [3.8, 4) is 0 Å². The molecule has 1 amide bonds. The second-order valence-corrected chi connectivity index (χ2v) is 10.0. The Labute approximate surface area is 208 Å². The molecule has 0 radical (unpaired) electrons. The number of nitrogens with zero attached hydrogens (tertiary/aromatic N) is 6. The van der Waals surface area contributed by atoms with E-state index in [1.165, 1.54) is 16.9 Å². The van der Waals surface area contributed by atoms with E-state index >= 15 is 0 Å². The molecule has 9 nitrogen and oxygen atoms in total. The predicted octanol–water partition coefficient (Wildman–Crippen LogP) is 4.87. The van der Waals surface area contributed by atoms with Crippen LogP contribution in [0, 0.1) is 5.92 Å². The molecule has 0 spiro atoms. The zero-order chi connectivity index (χ0) is 25.4. The zero-order valence-corrected chi connectivity index (χ0v) is 20.9.